The van der Waals surface area contributed by atoms with Gasteiger partial charge in [-0.05, 0) is 49.9 Å². The Morgan fingerprint density at radius 3 is 2.88 bits per heavy atom. The van der Waals surface area contributed by atoms with Crippen molar-refractivity contribution in [2.45, 2.75) is 38.1 Å². The number of carbonyl (C=O) groups excluding carboxylic acids is 1. The highest BCUT2D eigenvalue weighted by molar-refractivity contribution is 5.76. The van der Waals surface area contributed by atoms with Crippen LogP contribution in [0.1, 0.15) is 31.4 Å². The number of nitrogens with zero attached hydrogens (tertiary/aromatic N) is 3. The molecule has 1 atom stereocenters. The Morgan fingerprint density at radius 1 is 1.20 bits per heavy atom. The molecule has 132 valence electrons. The van der Waals surface area contributed by atoms with Gasteiger partial charge in [0.2, 0.25) is 5.91 Å². The fourth-order valence-corrected chi connectivity index (χ4v) is 3.16. The van der Waals surface area contributed by atoms with E-state index in [0.29, 0.717) is 24.7 Å². The van der Waals surface area contributed by atoms with Crippen LogP contribution in [0.4, 0.5) is 11.5 Å². The van der Waals surface area contributed by atoms with E-state index in [2.05, 4.69) is 15.3 Å². The number of aryl methyl sites for hydroxylation is 1. The summed E-state index contributed by atoms with van der Waals surface area (Å²) in [5.74, 6) is 0.747. The van der Waals surface area contributed by atoms with E-state index in [9.17, 15) is 4.79 Å². The second kappa shape index (κ2) is 8.46. The molecule has 1 aliphatic rings. The van der Waals surface area contributed by atoms with Crippen molar-refractivity contribution in [1.82, 2.24) is 14.9 Å². The van der Waals surface area contributed by atoms with Gasteiger partial charge in [0, 0.05) is 37.4 Å². The van der Waals surface area contributed by atoms with Crippen LogP contribution in [0, 0.1) is 0 Å². The van der Waals surface area contributed by atoms with Crippen LogP contribution in [0.2, 0.25) is 0 Å². The van der Waals surface area contributed by atoms with E-state index in [0.717, 1.165) is 43.7 Å². The van der Waals surface area contributed by atoms with Gasteiger partial charge in [-0.15, -0.1) is 0 Å². The van der Waals surface area contributed by atoms with Gasteiger partial charge in [0.05, 0.1) is 11.9 Å². The third-order valence-corrected chi connectivity index (χ3v) is 4.56. The minimum Gasteiger partial charge on any atom is -0.384 e. The SMILES string of the molecule is Nc1ccc(N[C@H]2CCCN(C(=O)CCc3ccccn3)CC2)cn1. The van der Waals surface area contributed by atoms with Gasteiger partial charge in [0.1, 0.15) is 5.82 Å². The van der Waals surface area contributed by atoms with Gasteiger partial charge >= 0.3 is 0 Å². The third-order valence-electron chi connectivity index (χ3n) is 4.56. The number of carbonyl (C=O) groups is 1. The summed E-state index contributed by atoms with van der Waals surface area (Å²) < 4.78 is 0. The van der Waals surface area contributed by atoms with Crippen LogP contribution < -0.4 is 11.1 Å². The summed E-state index contributed by atoms with van der Waals surface area (Å²) in [5, 5.41) is 3.50. The lowest BCUT2D eigenvalue weighted by Gasteiger charge is -2.21. The molecule has 6 heteroatoms. The number of anilines is 2. The smallest absolute Gasteiger partial charge is 0.222 e. The van der Waals surface area contributed by atoms with Crippen molar-refractivity contribution in [3.8, 4) is 0 Å². The van der Waals surface area contributed by atoms with Gasteiger partial charge in [-0.1, -0.05) is 6.07 Å². The van der Waals surface area contributed by atoms with E-state index in [1.165, 1.54) is 0 Å². The molecule has 1 fully saturated rings. The fraction of sp³-hybridized carbons (Fsp3) is 0.421. The standard InChI is InChI=1S/C19H25N5O/c20-18-8-6-17(14-22-18)23-16-5-3-12-24(13-10-16)19(25)9-7-15-4-1-2-11-21-15/h1-2,4,6,8,11,14,16,23H,3,5,7,9-10,12-13H2,(H2,20,22)/t16-/m0/s1. The van der Waals surface area contributed by atoms with Crippen molar-refractivity contribution < 1.29 is 4.79 Å². The highest BCUT2D eigenvalue weighted by Crippen LogP contribution is 2.17. The monoisotopic (exact) mass is 339 g/mol. The van der Waals surface area contributed by atoms with E-state index >= 15 is 0 Å². The summed E-state index contributed by atoms with van der Waals surface area (Å²) >= 11 is 0. The molecule has 2 aromatic heterocycles. The van der Waals surface area contributed by atoms with E-state index < -0.39 is 0 Å². The van der Waals surface area contributed by atoms with Gasteiger partial charge < -0.3 is 16.0 Å². The Balaban J connectivity index is 1.47. The number of likely N-dealkylation sites (tertiary alicyclic amines) is 1. The first-order valence-electron chi connectivity index (χ1n) is 8.86. The van der Waals surface area contributed by atoms with Crippen LogP contribution in [0.25, 0.3) is 0 Å². The molecule has 0 bridgehead atoms. The first-order valence-corrected chi connectivity index (χ1v) is 8.86. The Hall–Kier alpha value is -2.63. The molecule has 6 nitrogen and oxygen atoms in total. The maximum Gasteiger partial charge on any atom is 0.222 e. The summed E-state index contributed by atoms with van der Waals surface area (Å²) in [6.07, 6.45) is 7.76. The number of hydrogen-bond donors (Lipinski definition) is 2. The Labute approximate surface area is 148 Å². The van der Waals surface area contributed by atoms with Crippen molar-refractivity contribution in [2.24, 2.45) is 0 Å². The quantitative estimate of drug-likeness (QED) is 0.874. The van der Waals surface area contributed by atoms with Gasteiger partial charge in [-0.2, -0.15) is 0 Å². The van der Waals surface area contributed by atoms with Crippen LogP contribution in [0.5, 0.6) is 0 Å². The van der Waals surface area contributed by atoms with Crippen molar-refractivity contribution in [1.29, 1.82) is 0 Å². The molecule has 0 aliphatic carbocycles. The Kier molecular flexibility index (Phi) is 5.82. The maximum atomic E-state index is 12.5. The molecule has 1 saturated heterocycles. The van der Waals surface area contributed by atoms with Crippen LogP contribution in [-0.2, 0) is 11.2 Å². The van der Waals surface area contributed by atoms with Crippen molar-refractivity contribution >= 4 is 17.4 Å². The predicted octanol–water partition coefficient (Wildman–Crippen LogP) is 2.48. The van der Waals surface area contributed by atoms with Crippen LogP contribution in [0.15, 0.2) is 42.7 Å². The molecular formula is C19H25N5O. The molecule has 0 unspecified atom stereocenters. The summed E-state index contributed by atoms with van der Waals surface area (Å²) in [6, 6.07) is 9.93. The zero-order valence-corrected chi connectivity index (χ0v) is 14.4. The average molecular weight is 339 g/mol. The first kappa shape index (κ1) is 17.2. The molecule has 1 aliphatic heterocycles. The first-order chi connectivity index (χ1) is 12.2. The van der Waals surface area contributed by atoms with E-state index in [-0.39, 0.29) is 5.91 Å². The lowest BCUT2D eigenvalue weighted by molar-refractivity contribution is -0.131. The molecule has 0 saturated carbocycles. The molecular weight excluding hydrogens is 314 g/mol. The summed E-state index contributed by atoms with van der Waals surface area (Å²) in [7, 11) is 0. The van der Waals surface area contributed by atoms with Gasteiger partial charge in [-0.25, -0.2) is 4.98 Å². The van der Waals surface area contributed by atoms with Gasteiger partial charge in [-0.3, -0.25) is 9.78 Å². The number of rotatable bonds is 5. The Morgan fingerprint density at radius 2 is 2.12 bits per heavy atom. The molecule has 3 rings (SSSR count). The fourth-order valence-electron chi connectivity index (χ4n) is 3.16. The van der Waals surface area contributed by atoms with Crippen LogP contribution in [-0.4, -0.2) is 39.9 Å². The Bertz CT molecular complexity index is 674. The zero-order chi connectivity index (χ0) is 17.5. The maximum absolute atomic E-state index is 12.5. The molecule has 25 heavy (non-hydrogen) atoms. The van der Waals surface area contributed by atoms with E-state index in [4.69, 9.17) is 5.73 Å². The molecule has 2 aromatic rings. The number of nitrogens with two attached hydrogens (primary N) is 1. The average Bonchev–Trinajstić information content (AvgIpc) is 2.88. The molecule has 3 heterocycles. The number of nitrogen functional groups attached to an aromatic ring is 1. The summed E-state index contributed by atoms with van der Waals surface area (Å²) in [4.78, 5) is 22.9. The number of hydrogen-bond acceptors (Lipinski definition) is 5. The molecule has 0 aromatic carbocycles. The second-order valence-corrected chi connectivity index (χ2v) is 6.45. The molecule has 1 amide bonds. The van der Waals surface area contributed by atoms with Crippen molar-refractivity contribution in [2.75, 3.05) is 24.1 Å². The van der Waals surface area contributed by atoms with Gasteiger partial charge in [0.15, 0.2) is 0 Å². The minimum absolute atomic E-state index is 0.223. The highest BCUT2D eigenvalue weighted by atomic mass is 16.2. The van der Waals surface area contributed by atoms with Crippen LogP contribution >= 0.6 is 0 Å². The van der Waals surface area contributed by atoms with Crippen molar-refractivity contribution in [3.63, 3.8) is 0 Å². The zero-order valence-electron chi connectivity index (χ0n) is 14.4. The molecule has 3 N–H and O–H groups in total. The normalized spacial score (nSPS) is 17.8. The number of amides is 1. The third kappa shape index (κ3) is 5.17. The number of pyridine rings is 2. The predicted molar refractivity (Wildman–Crippen MR) is 99.0 cm³/mol. The van der Waals surface area contributed by atoms with E-state index in [1.807, 2.05) is 29.2 Å². The topological polar surface area (TPSA) is 84.1 Å². The largest absolute Gasteiger partial charge is 0.384 e. The van der Waals surface area contributed by atoms with E-state index in [1.54, 1.807) is 18.5 Å². The van der Waals surface area contributed by atoms with Crippen molar-refractivity contribution in [3.05, 3.63) is 48.4 Å². The lowest BCUT2D eigenvalue weighted by atomic mass is 10.1. The lowest BCUT2D eigenvalue weighted by Crippen LogP contribution is -2.32. The minimum atomic E-state index is 0.223. The molecule has 0 radical (unpaired) electrons. The second-order valence-electron chi connectivity index (χ2n) is 6.45. The summed E-state index contributed by atoms with van der Waals surface area (Å²) in [6.45, 7) is 1.63. The number of nitrogens with one attached hydrogen (secondary N) is 1. The van der Waals surface area contributed by atoms with Crippen LogP contribution in [0.3, 0.4) is 0 Å². The number of aromatic nitrogens is 2. The summed E-state index contributed by atoms with van der Waals surface area (Å²) in [5.41, 5.74) is 7.57. The van der Waals surface area contributed by atoms with Gasteiger partial charge in [0.25, 0.3) is 0 Å². The molecule has 0 spiro atoms. The highest BCUT2D eigenvalue weighted by Gasteiger charge is 2.20.